The van der Waals surface area contributed by atoms with E-state index < -0.39 is 0 Å². The van der Waals surface area contributed by atoms with Crippen molar-refractivity contribution in [1.29, 1.82) is 5.41 Å². The van der Waals surface area contributed by atoms with E-state index in [1.54, 1.807) is 0 Å². The Hall–Kier alpha value is -1.16. The smallest absolute Gasteiger partial charge is 0.124 e. The van der Waals surface area contributed by atoms with E-state index in [2.05, 4.69) is 36.6 Å². The maximum Gasteiger partial charge on any atom is 0.124 e. The second-order valence-electron chi connectivity index (χ2n) is 4.73. The largest absolute Gasteiger partial charge is 0.384 e. The Morgan fingerprint density at radius 1 is 1.56 bits per heavy atom. The molecule has 0 aliphatic carbocycles. The van der Waals surface area contributed by atoms with E-state index in [9.17, 15) is 0 Å². The van der Waals surface area contributed by atoms with E-state index in [0.717, 1.165) is 30.1 Å². The van der Waals surface area contributed by atoms with E-state index in [1.807, 2.05) is 12.1 Å². The predicted octanol–water partition coefficient (Wildman–Crippen LogP) is 2.61. The van der Waals surface area contributed by atoms with Crippen molar-refractivity contribution >= 4 is 23.3 Å². The molecule has 0 bridgehead atoms. The van der Waals surface area contributed by atoms with Gasteiger partial charge in [-0.25, -0.2) is 0 Å². The van der Waals surface area contributed by atoms with Gasteiger partial charge in [0.05, 0.1) is 5.69 Å². The van der Waals surface area contributed by atoms with Gasteiger partial charge in [0, 0.05) is 29.7 Å². The van der Waals surface area contributed by atoms with Gasteiger partial charge in [0.2, 0.25) is 0 Å². The van der Waals surface area contributed by atoms with Crippen molar-refractivity contribution in [2.75, 3.05) is 23.7 Å². The lowest BCUT2D eigenvalue weighted by molar-refractivity contribution is 0.726. The summed E-state index contributed by atoms with van der Waals surface area (Å²) in [6.07, 6.45) is 1.20. The number of nitrogens with zero attached hydrogens (tertiary/aromatic N) is 1. The number of hydrogen-bond acceptors (Lipinski definition) is 3. The lowest BCUT2D eigenvalue weighted by Gasteiger charge is -2.35. The van der Waals surface area contributed by atoms with Crippen molar-refractivity contribution in [3.8, 4) is 0 Å². The molecule has 2 rings (SSSR count). The highest BCUT2D eigenvalue weighted by molar-refractivity contribution is 8.00. The maximum atomic E-state index is 7.73. The molecule has 1 aliphatic rings. The average Bonchev–Trinajstić information content (AvgIpc) is 2.38. The molecule has 1 aliphatic heterocycles. The molecule has 1 aromatic carbocycles. The van der Waals surface area contributed by atoms with Crippen molar-refractivity contribution in [2.24, 2.45) is 5.73 Å². The van der Waals surface area contributed by atoms with Crippen molar-refractivity contribution in [1.82, 2.24) is 0 Å². The van der Waals surface area contributed by atoms with Crippen LogP contribution < -0.4 is 10.6 Å². The number of nitrogens with one attached hydrogen (secondary N) is 1. The van der Waals surface area contributed by atoms with E-state index in [1.165, 1.54) is 12.0 Å². The molecule has 1 unspecified atom stereocenters. The van der Waals surface area contributed by atoms with Crippen LogP contribution in [0.25, 0.3) is 0 Å². The quantitative estimate of drug-likeness (QED) is 0.651. The highest BCUT2D eigenvalue weighted by Crippen LogP contribution is 2.30. The SMILES string of the molecule is CCC1CN(c2c(C)cccc2C(=N)N)CCS1. The first kappa shape index (κ1) is 13.3. The highest BCUT2D eigenvalue weighted by atomic mass is 32.2. The van der Waals surface area contributed by atoms with Gasteiger partial charge in [-0.05, 0) is 25.0 Å². The molecule has 0 aromatic heterocycles. The van der Waals surface area contributed by atoms with Crippen LogP contribution in [0.15, 0.2) is 18.2 Å². The summed E-state index contributed by atoms with van der Waals surface area (Å²) >= 11 is 2.06. The topological polar surface area (TPSA) is 53.1 Å². The number of para-hydroxylation sites is 1. The minimum atomic E-state index is 0.167. The highest BCUT2D eigenvalue weighted by Gasteiger charge is 2.22. The number of anilines is 1. The second-order valence-corrected chi connectivity index (χ2v) is 6.14. The number of nitrogen functional groups attached to an aromatic ring is 1. The van der Waals surface area contributed by atoms with Crippen molar-refractivity contribution in [2.45, 2.75) is 25.5 Å². The van der Waals surface area contributed by atoms with Crippen LogP contribution in [0.4, 0.5) is 5.69 Å². The summed E-state index contributed by atoms with van der Waals surface area (Å²) in [5, 5.41) is 8.43. The van der Waals surface area contributed by atoms with Crippen molar-refractivity contribution < 1.29 is 0 Å². The fraction of sp³-hybridized carbons (Fsp3) is 0.500. The van der Waals surface area contributed by atoms with Crippen LogP contribution in [0, 0.1) is 12.3 Å². The number of thioether (sulfide) groups is 1. The number of rotatable bonds is 3. The molecule has 4 heteroatoms. The third kappa shape index (κ3) is 2.64. The summed E-state index contributed by atoms with van der Waals surface area (Å²) in [6, 6.07) is 6.03. The maximum absolute atomic E-state index is 7.73. The number of nitrogens with two attached hydrogens (primary N) is 1. The first-order valence-electron chi connectivity index (χ1n) is 6.44. The molecule has 1 heterocycles. The number of aryl methyl sites for hydroxylation is 1. The minimum Gasteiger partial charge on any atom is -0.384 e. The fourth-order valence-corrected chi connectivity index (χ4v) is 3.65. The third-order valence-corrected chi connectivity index (χ3v) is 4.81. The summed E-state index contributed by atoms with van der Waals surface area (Å²) in [7, 11) is 0. The number of hydrogen-bond donors (Lipinski definition) is 2. The summed E-state index contributed by atoms with van der Waals surface area (Å²) < 4.78 is 0. The Bertz CT molecular complexity index is 445. The first-order chi connectivity index (χ1) is 8.63. The Balaban J connectivity index is 2.34. The second kappa shape index (κ2) is 5.65. The normalized spacial score (nSPS) is 19.9. The van der Waals surface area contributed by atoms with Gasteiger partial charge in [-0.2, -0.15) is 11.8 Å². The van der Waals surface area contributed by atoms with Crippen LogP contribution in [-0.4, -0.2) is 29.9 Å². The minimum absolute atomic E-state index is 0.167. The molecule has 3 N–H and O–H groups in total. The van der Waals surface area contributed by atoms with Crippen LogP contribution in [0.2, 0.25) is 0 Å². The van der Waals surface area contributed by atoms with Gasteiger partial charge in [-0.15, -0.1) is 0 Å². The Morgan fingerprint density at radius 2 is 2.33 bits per heavy atom. The molecule has 1 saturated heterocycles. The summed E-state index contributed by atoms with van der Waals surface area (Å²) in [6.45, 7) is 6.45. The van der Waals surface area contributed by atoms with Crippen molar-refractivity contribution in [3.05, 3.63) is 29.3 Å². The molecule has 1 aromatic rings. The Kier molecular flexibility index (Phi) is 4.17. The zero-order valence-electron chi connectivity index (χ0n) is 11.1. The van der Waals surface area contributed by atoms with Gasteiger partial charge in [0.15, 0.2) is 0 Å². The predicted molar refractivity (Wildman–Crippen MR) is 80.9 cm³/mol. The van der Waals surface area contributed by atoms with Gasteiger partial charge >= 0.3 is 0 Å². The molecule has 3 nitrogen and oxygen atoms in total. The van der Waals surface area contributed by atoms with E-state index >= 15 is 0 Å². The standard InChI is InChI=1S/C14H21N3S/c1-3-11-9-17(7-8-18-11)13-10(2)5-4-6-12(13)14(15)16/h4-6,11H,3,7-9H2,1-2H3,(H3,15,16). The Morgan fingerprint density at radius 3 is 3.00 bits per heavy atom. The lowest BCUT2D eigenvalue weighted by Crippen LogP contribution is -2.39. The summed E-state index contributed by atoms with van der Waals surface area (Å²) in [4.78, 5) is 2.40. The molecule has 1 fully saturated rings. The molecular weight excluding hydrogens is 242 g/mol. The van der Waals surface area contributed by atoms with Gasteiger partial charge < -0.3 is 10.6 Å². The van der Waals surface area contributed by atoms with Crippen molar-refractivity contribution in [3.63, 3.8) is 0 Å². The lowest BCUT2D eigenvalue weighted by atomic mass is 10.1. The molecule has 0 saturated carbocycles. The van der Waals surface area contributed by atoms with E-state index in [4.69, 9.17) is 11.1 Å². The summed E-state index contributed by atoms with van der Waals surface area (Å²) in [5.74, 6) is 1.32. The zero-order valence-corrected chi connectivity index (χ0v) is 11.9. The molecule has 0 amide bonds. The van der Waals surface area contributed by atoms with E-state index in [-0.39, 0.29) is 5.84 Å². The van der Waals surface area contributed by atoms with Gasteiger partial charge in [0.25, 0.3) is 0 Å². The average molecular weight is 263 g/mol. The molecule has 0 radical (unpaired) electrons. The monoisotopic (exact) mass is 263 g/mol. The van der Waals surface area contributed by atoms with Crippen LogP contribution in [-0.2, 0) is 0 Å². The number of amidine groups is 1. The van der Waals surface area contributed by atoms with Crippen LogP contribution in [0.5, 0.6) is 0 Å². The summed E-state index contributed by atoms with van der Waals surface area (Å²) in [5.41, 5.74) is 8.95. The van der Waals surface area contributed by atoms with E-state index in [0.29, 0.717) is 5.25 Å². The van der Waals surface area contributed by atoms with Gasteiger partial charge in [-0.3, -0.25) is 5.41 Å². The Labute approximate surface area is 113 Å². The van der Waals surface area contributed by atoms with Crippen LogP contribution >= 0.6 is 11.8 Å². The van der Waals surface area contributed by atoms with Crippen LogP contribution in [0.1, 0.15) is 24.5 Å². The number of benzene rings is 1. The van der Waals surface area contributed by atoms with Gasteiger partial charge in [0.1, 0.15) is 5.84 Å². The molecule has 1 atom stereocenters. The zero-order chi connectivity index (χ0) is 13.1. The van der Waals surface area contributed by atoms with Gasteiger partial charge in [-0.1, -0.05) is 19.1 Å². The first-order valence-corrected chi connectivity index (χ1v) is 7.49. The molecule has 18 heavy (non-hydrogen) atoms. The third-order valence-electron chi connectivity index (χ3n) is 3.44. The molecular formula is C14H21N3S. The van der Waals surface area contributed by atoms with Crippen LogP contribution in [0.3, 0.4) is 0 Å². The molecule has 98 valence electrons. The molecule has 0 spiro atoms. The fourth-order valence-electron chi connectivity index (χ4n) is 2.47.